The second kappa shape index (κ2) is 8.11. The van der Waals surface area contributed by atoms with Gasteiger partial charge >= 0.3 is 0 Å². The lowest BCUT2D eigenvalue weighted by Gasteiger charge is -2.35. The monoisotopic (exact) mass is 487 g/mol. The second-order valence-electron chi connectivity index (χ2n) is 6.94. The van der Waals surface area contributed by atoms with Crippen LogP contribution in [-0.2, 0) is 10.0 Å². The highest BCUT2D eigenvalue weighted by Crippen LogP contribution is 2.32. The predicted octanol–water partition coefficient (Wildman–Crippen LogP) is 3.21. The van der Waals surface area contributed by atoms with Crippen molar-refractivity contribution in [1.82, 2.24) is 14.1 Å². The van der Waals surface area contributed by atoms with E-state index in [1.54, 1.807) is 12.1 Å². The van der Waals surface area contributed by atoms with Crippen LogP contribution in [0.25, 0.3) is 0 Å². The summed E-state index contributed by atoms with van der Waals surface area (Å²) in [7, 11) is -3.72. The topological polar surface area (TPSA) is 78.0 Å². The molecule has 0 aromatic heterocycles. The summed E-state index contributed by atoms with van der Waals surface area (Å²) in [6, 6.07) is 9.09. The maximum absolute atomic E-state index is 12.9. The molecule has 0 aliphatic carbocycles. The Hall–Kier alpha value is -1.68. The van der Waals surface area contributed by atoms with E-state index in [0.717, 1.165) is 4.90 Å². The number of halogens is 3. The van der Waals surface area contributed by atoms with Gasteiger partial charge in [-0.05, 0) is 24.3 Å². The van der Waals surface area contributed by atoms with Crippen molar-refractivity contribution in [2.45, 2.75) is 4.90 Å². The fraction of sp³-hybridized carbons (Fsp3) is 0.263. The zero-order valence-corrected chi connectivity index (χ0v) is 18.6. The number of piperazine rings is 1. The summed E-state index contributed by atoms with van der Waals surface area (Å²) >= 11 is 18.0. The number of fused-ring (bicyclic) bond motifs is 1. The van der Waals surface area contributed by atoms with Crippen molar-refractivity contribution in [1.29, 1.82) is 0 Å². The minimum atomic E-state index is -3.72. The Kier molecular flexibility index (Phi) is 5.82. The molecule has 4 rings (SSSR count). The molecule has 2 aliphatic rings. The molecule has 1 fully saturated rings. The van der Waals surface area contributed by atoms with Gasteiger partial charge < -0.3 is 0 Å². The van der Waals surface area contributed by atoms with Crippen LogP contribution in [0.2, 0.25) is 15.1 Å². The molecule has 158 valence electrons. The van der Waals surface area contributed by atoms with Crippen LogP contribution in [0.3, 0.4) is 0 Å². The molecule has 0 saturated carbocycles. The first-order valence-electron chi connectivity index (χ1n) is 9.02. The van der Waals surface area contributed by atoms with Crippen LogP contribution in [0.15, 0.2) is 41.3 Å². The normalized spacial score (nSPS) is 18.2. The quantitative estimate of drug-likeness (QED) is 0.618. The average Bonchev–Trinajstić information content (AvgIpc) is 2.93. The van der Waals surface area contributed by atoms with Crippen molar-refractivity contribution in [3.8, 4) is 0 Å². The summed E-state index contributed by atoms with van der Waals surface area (Å²) in [5.41, 5.74) is 0.434. The Labute approximate surface area is 188 Å². The first kappa shape index (κ1) is 21.5. The number of benzene rings is 2. The zero-order chi connectivity index (χ0) is 21.6. The Balaban J connectivity index is 1.44. The highest BCUT2D eigenvalue weighted by Gasteiger charge is 2.38. The summed E-state index contributed by atoms with van der Waals surface area (Å²) in [5, 5.41) is 0.580. The molecule has 7 nitrogen and oxygen atoms in total. The number of sulfonamides is 1. The molecule has 0 spiro atoms. The molecule has 0 unspecified atom stereocenters. The third kappa shape index (κ3) is 3.72. The van der Waals surface area contributed by atoms with Gasteiger partial charge in [0.05, 0.1) is 32.9 Å². The Morgan fingerprint density at radius 1 is 0.800 bits per heavy atom. The van der Waals surface area contributed by atoms with Crippen LogP contribution in [-0.4, -0.2) is 67.2 Å². The Morgan fingerprint density at radius 3 is 1.87 bits per heavy atom. The molecule has 2 aliphatic heterocycles. The predicted molar refractivity (Wildman–Crippen MR) is 114 cm³/mol. The maximum Gasteiger partial charge on any atom is 0.262 e. The van der Waals surface area contributed by atoms with Gasteiger partial charge in [-0.1, -0.05) is 46.9 Å². The van der Waals surface area contributed by atoms with E-state index >= 15 is 0 Å². The third-order valence-corrected chi connectivity index (χ3v) is 8.26. The maximum atomic E-state index is 12.9. The molecular weight excluding hydrogens is 473 g/mol. The third-order valence-electron chi connectivity index (χ3n) is 5.14. The van der Waals surface area contributed by atoms with Gasteiger partial charge in [-0.3, -0.25) is 19.4 Å². The summed E-state index contributed by atoms with van der Waals surface area (Å²) in [6.07, 6.45) is 0. The fourth-order valence-corrected chi connectivity index (χ4v) is 5.76. The fourth-order valence-electron chi connectivity index (χ4n) is 3.52. The molecule has 0 bridgehead atoms. The van der Waals surface area contributed by atoms with Crippen LogP contribution in [0, 0.1) is 0 Å². The van der Waals surface area contributed by atoms with Crippen LogP contribution in [0.1, 0.15) is 20.7 Å². The number of nitrogens with zero attached hydrogens (tertiary/aromatic N) is 3. The minimum absolute atomic E-state index is 0.0571. The number of carbonyl (C=O) groups is 2. The summed E-state index contributed by atoms with van der Waals surface area (Å²) in [6.45, 7) is 1.21. The lowest BCUT2D eigenvalue weighted by atomic mass is 10.1. The van der Waals surface area contributed by atoms with E-state index in [0.29, 0.717) is 13.1 Å². The van der Waals surface area contributed by atoms with Gasteiger partial charge in [0, 0.05) is 26.2 Å². The molecular formula is C19H16Cl3N3O4S. The van der Waals surface area contributed by atoms with Gasteiger partial charge in [-0.2, -0.15) is 4.31 Å². The standard InChI is InChI=1S/C19H16Cl3N3O4S/c20-14-3-1-2-4-17(14)30(28,29)24-7-5-23(6-8-24)11-25-18(26)12-9-15(21)16(22)10-13(12)19(25)27/h1-4,9-10H,5-8,11H2. The van der Waals surface area contributed by atoms with Crippen molar-refractivity contribution in [3.63, 3.8) is 0 Å². The van der Waals surface area contributed by atoms with Crippen molar-refractivity contribution >= 4 is 56.6 Å². The minimum Gasteiger partial charge on any atom is -0.283 e. The van der Waals surface area contributed by atoms with E-state index in [1.165, 1.54) is 28.6 Å². The number of carbonyl (C=O) groups excluding carboxylic acids is 2. The van der Waals surface area contributed by atoms with Gasteiger partial charge in [-0.25, -0.2) is 8.42 Å². The molecule has 0 atom stereocenters. The number of hydrogen-bond donors (Lipinski definition) is 0. The number of imide groups is 1. The molecule has 1 saturated heterocycles. The average molecular weight is 489 g/mol. The van der Waals surface area contributed by atoms with Gasteiger partial charge in [0.1, 0.15) is 4.90 Å². The van der Waals surface area contributed by atoms with Crippen molar-refractivity contribution in [3.05, 3.63) is 62.6 Å². The highest BCUT2D eigenvalue weighted by atomic mass is 35.5. The van der Waals surface area contributed by atoms with Gasteiger partial charge in [-0.15, -0.1) is 0 Å². The molecule has 2 amide bonds. The van der Waals surface area contributed by atoms with E-state index < -0.39 is 21.8 Å². The van der Waals surface area contributed by atoms with Crippen molar-refractivity contribution < 1.29 is 18.0 Å². The van der Waals surface area contributed by atoms with Crippen LogP contribution >= 0.6 is 34.8 Å². The summed E-state index contributed by atoms with van der Waals surface area (Å²) < 4.78 is 27.1. The van der Waals surface area contributed by atoms with E-state index in [-0.39, 0.29) is 50.8 Å². The van der Waals surface area contributed by atoms with Crippen LogP contribution in [0.4, 0.5) is 0 Å². The molecule has 30 heavy (non-hydrogen) atoms. The molecule has 2 heterocycles. The highest BCUT2D eigenvalue weighted by molar-refractivity contribution is 7.89. The van der Waals surface area contributed by atoms with Crippen molar-refractivity contribution in [2.24, 2.45) is 0 Å². The lowest BCUT2D eigenvalue weighted by molar-refractivity contribution is 0.0500. The smallest absolute Gasteiger partial charge is 0.262 e. The number of hydrogen-bond acceptors (Lipinski definition) is 5. The van der Waals surface area contributed by atoms with E-state index in [2.05, 4.69) is 0 Å². The van der Waals surface area contributed by atoms with E-state index in [9.17, 15) is 18.0 Å². The summed E-state index contributed by atoms with van der Waals surface area (Å²) in [5.74, 6) is -0.889. The van der Waals surface area contributed by atoms with Gasteiger partial charge in [0.25, 0.3) is 11.8 Å². The Bertz CT molecular complexity index is 1110. The first-order chi connectivity index (χ1) is 14.2. The molecule has 11 heteroatoms. The molecule has 0 N–H and O–H groups in total. The van der Waals surface area contributed by atoms with Crippen molar-refractivity contribution in [2.75, 3.05) is 32.8 Å². The zero-order valence-electron chi connectivity index (χ0n) is 15.5. The van der Waals surface area contributed by atoms with Gasteiger partial charge in [0.15, 0.2) is 0 Å². The summed E-state index contributed by atoms with van der Waals surface area (Å²) in [4.78, 5) is 28.3. The largest absolute Gasteiger partial charge is 0.283 e. The first-order valence-corrected chi connectivity index (χ1v) is 11.6. The van der Waals surface area contributed by atoms with Gasteiger partial charge in [0.2, 0.25) is 10.0 Å². The Morgan fingerprint density at radius 2 is 1.33 bits per heavy atom. The van der Waals surface area contributed by atoms with Crippen LogP contribution < -0.4 is 0 Å². The molecule has 2 aromatic rings. The van der Waals surface area contributed by atoms with E-state index in [4.69, 9.17) is 34.8 Å². The second-order valence-corrected chi connectivity index (χ2v) is 10.1. The molecule has 2 aromatic carbocycles. The number of amides is 2. The van der Waals surface area contributed by atoms with E-state index in [1.807, 2.05) is 4.90 Å². The SMILES string of the molecule is O=C1c2cc(Cl)c(Cl)cc2C(=O)N1CN1CCN(S(=O)(=O)c2ccccc2Cl)CC1. The number of rotatable bonds is 4. The lowest BCUT2D eigenvalue weighted by Crippen LogP contribution is -2.52. The van der Waals surface area contributed by atoms with Crippen LogP contribution in [0.5, 0.6) is 0 Å². The molecule has 0 radical (unpaired) electrons.